The third kappa shape index (κ3) is 3.02. The Bertz CT molecular complexity index is 761. The van der Waals surface area contributed by atoms with E-state index in [1.165, 1.54) is 36.6 Å². The van der Waals surface area contributed by atoms with Gasteiger partial charge in [0, 0.05) is 18.1 Å². The normalized spacial score (nSPS) is 19.7. The van der Waals surface area contributed by atoms with Crippen LogP contribution >= 0.6 is 0 Å². The molecule has 1 saturated heterocycles. The minimum absolute atomic E-state index is 0.381. The quantitative estimate of drug-likeness (QED) is 0.686. The lowest BCUT2D eigenvalue weighted by Gasteiger charge is -2.28. The first-order chi connectivity index (χ1) is 11.4. The molecule has 118 valence electrons. The first-order valence-corrected chi connectivity index (χ1v) is 8.52. The molecule has 0 bridgehead atoms. The van der Waals surface area contributed by atoms with Gasteiger partial charge in [-0.1, -0.05) is 37.1 Å². The number of likely N-dealkylation sites (tertiary alicyclic amines) is 1. The number of rotatable bonds is 3. The summed E-state index contributed by atoms with van der Waals surface area (Å²) in [5.41, 5.74) is 2.43. The summed E-state index contributed by atoms with van der Waals surface area (Å²) in [6.45, 7) is 2.05. The number of furan rings is 1. The van der Waals surface area contributed by atoms with Crippen LogP contribution in [0.25, 0.3) is 10.9 Å². The van der Waals surface area contributed by atoms with E-state index in [9.17, 15) is 0 Å². The Hall–Kier alpha value is -2.13. The molecule has 0 saturated carbocycles. The van der Waals surface area contributed by atoms with E-state index < -0.39 is 0 Å². The summed E-state index contributed by atoms with van der Waals surface area (Å²) in [7, 11) is 0. The number of fused-ring (bicyclic) bond motifs is 1. The van der Waals surface area contributed by atoms with E-state index in [0.29, 0.717) is 6.04 Å². The van der Waals surface area contributed by atoms with Gasteiger partial charge in [0.05, 0.1) is 17.8 Å². The van der Waals surface area contributed by atoms with E-state index in [-0.39, 0.29) is 0 Å². The van der Waals surface area contributed by atoms with Crippen molar-refractivity contribution in [2.45, 2.75) is 38.3 Å². The molecule has 1 aliphatic rings. The zero-order chi connectivity index (χ0) is 15.5. The third-order valence-corrected chi connectivity index (χ3v) is 4.82. The monoisotopic (exact) mass is 306 g/mol. The van der Waals surface area contributed by atoms with Crippen LogP contribution in [-0.4, -0.2) is 16.4 Å². The van der Waals surface area contributed by atoms with Crippen molar-refractivity contribution in [2.24, 2.45) is 0 Å². The van der Waals surface area contributed by atoms with Gasteiger partial charge in [0.1, 0.15) is 5.76 Å². The van der Waals surface area contributed by atoms with Crippen LogP contribution in [-0.2, 0) is 6.54 Å². The predicted octanol–water partition coefficient (Wildman–Crippen LogP) is 4.95. The van der Waals surface area contributed by atoms with E-state index in [0.717, 1.165) is 24.4 Å². The molecule has 0 radical (unpaired) electrons. The molecule has 3 heteroatoms. The van der Waals surface area contributed by atoms with Crippen LogP contribution < -0.4 is 0 Å². The average molecular weight is 306 g/mol. The Morgan fingerprint density at radius 1 is 1.04 bits per heavy atom. The molecule has 0 N–H and O–H groups in total. The summed E-state index contributed by atoms with van der Waals surface area (Å²) in [5, 5.41) is 1.22. The highest BCUT2D eigenvalue weighted by Crippen LogP contribution is 2.32. The second-order valence-corrected chi connectivity index (χ2v) is 6.34. The van der Waals surface area contributed by atoms with Gasteiger partial charge in [-0.2, -0.15) is 0 Å². The lowest BCUT2D eigenvalue weighted by Crippen LogP contribution is -2.28. The fourth-order valence-corrected chi connectivity index (χ4v) is 3.67. The summed E-state index contributed by atoms with van der Waals surface area (Å²) in [5.74, 6) is 1.10. The minimum atomic E-state index is 0.381. The number of benzene rings is 1. The predicted molar refractivity (Wildman–Crippen MR) is 92.1 cm³/mol. The number of hydrogen-bond donors (Lipinski definition) is 0. The van der Waals surface area contributed by atoms with Crippen molar-refractivity contribution in [3.63, 3.8) is 0 Å². The maximum Gasteiger partial charge on any atom is 0.120 e. The van der Waals surface area contributed by atoms with Gasteiger partial charge in [-0.15, -0.1) is 0 Å². The summed E-state index contributed by atoms with van der Waals surface area (Å²) in [6, 6.07) is 15.1. The van der Waals surface area contributed by atoms with E-state index in [1.807, 2.05) is 18.3 Å². The van der Waals surface area contributed by atoms with E-state index in [1.54, 1.807) is 6.26 Å². The molecule has 4 rings (SSSR count). The summed E-state index contributed by atoms with van der Waals surface area (Å²) < 4.78 is 5.73. The number of pyridine rings is 1. The van der Waals surface area contributed by atoms with E-state index in [2.05, 4.69) is 40.2 Å². The molecule has 0 amide bonds. The lowest BCUT2D eigenvalue weighted by atomic mass is 10.1. The highest BCUT2D eigenvalue weighted by Gasteiger charge is 2.25. The molecule has 1 aromatic carbocycles. The van der Waals surface area contributed by atoms with Gasteiger partial charge in [0.2, 0.25) is 0 Å². The van der Waals surface area contributed by atoms with Crippen molar-refractivity contribution >= 4 is 10.9 Å². The first kappa shape index (κ1) is 14.5. The molecule has 23 heavy (non-hydrogen) atoms. The molecule has 3 heterocycles. The summed E-state index contributed by atoms with van der Waals surface area (Å²) >= 11 is 0. The van der Waals surface area contributed by atoms with Gasteiger partial charge < -0.3 is 4.42 Å². The van der Waals surface area contributed by atoms with Crippen LogP contribution in [0.4, 0.5) is 0 Å². The number of aromatic nitrogens is 1. The van der Waals surface area contributed by atoms with E-state index in [4.69, 9.17) is 4.42 Å². The maximum atomic E-state index is 5.73. The molecule has 3 nitrogen and oxygen atoms in total. The average Bonchev–Trinajstić information content (AvgIpc) is 3.02. The van der Waals surface area contributed by atoms with Crippen LogP contribution in [0.5, 0.6) is 0 Å². The zero-order valence-electron chi connectivity index (χ0n) is 13.3. The van der Waals surface area contributed by atoms with Gasteiger partial charge in [-0.3, -0.25) is 9.88 Å². The lowest BCUT2D eigenvalue weighted by molar-refractivity contribution is 0.170. The molecule has 0 spiro atoms. The molecule has 1 aliphatic heterocycles. The highest BCUT2D eigenvalue weighted by atomic mass is 16.3. The van der Waals surface area contributed by atoms with Crippen molar-refractivity contribution in [1.29, 1.82) is 0 Å². The Kier molecular flexibility index (Phi) is 4.12. The maximum absolute atomic E-state index is 5.73. The minimum Gasteiger partial charge on any atom is -0.468 e. The second kappa shape index (κ2) is 6.55. The molecule has 1 fully saturated rings. The molecule has 1 unspecified atom stereocenters. The molecule has 3 aromatic rings. The highest BCUT2D eigenvalue weighted by molar-refractivity contribution is 5.81. The topological polar surface area (TPSA) is 29.3 Å². The van der Waals surface area contributed by atoms with Gasteiger partial charge in [0.25, 0.3) is 0 Å². The van der Waals surface area contributed by atoms with Crippen molar-refractivity contribution in [3.8, 4) is 0 Å². The largest absolute Gasteiger partial charge is 0.468 e. The molecule has 0 aliphatic carbocycles. The van der Waals surface area contributed by atoms with Gasteiger partial charge in [-0.05, 0) is 43.1 Å². The smallest absolute Gasteiger partial charge is 0.120 e. The van der Waals surface area contributed by atoms with Crippen molar-refractivity contribution in [1.82, 2.24) is 9.88 Å². The van der Waals surface area contributed by atoms with Crippen molar-refractivity contribution in [3.05, 3.63) is 66.2 Å². The van der Waals surface area contributed by atoms with E-state index >= 15 is 0 Å². The first-order valence-electron chi connectivity index (χ1n) is 8.52. The van der Waals surface area contributed by atoms with Crippen LogP contribution in [0.1, 0.15) is 43.0 Å². The molecule has 2 aromatic heterocycles. The number of nitrogens with zero attached hydrogens (tertiary/aromatic N) is 2. The standard InChI is InChI=1S/C20H22N2O/c1-2-10-18(19-11-6-14-23-19)22(13-3-1)15-17-8-4-7-16-9-5-12-21-20(16)17/h4-9,11-12,14,18H,1-3,10,13,15H2. The zero-order valence-corrected chi connectivity index (χ0v) is 13.3. The van der Waals surface area contributed by atoms with Crippen molar-refractivity contribution in [2.75, 3.05) is 6.54 Å². The second-order valence-electron chi connectivity index (χ2n) is 6.34. The Morgan fingerprint density at radius 3 is 2.91 bits per heavy atom. The molecule has 1 atom stereocenters. The van der Waals surface area contributed by atoms with Gasteiger partial charge in [0.15, 0.2) is 0 Å². The van der Waals surface area contributed by atoms with Gasteiger partial charge >= 0.3 is 0 Å². The summed E-state index contributed by atoms with van der Waals surface area (Å²) in [6.07, 6.45) is 8.69. The number of para-hydroxylation sites is 1. The Labute approximate surface area is 136 Å². The van der Waals surface area contributed by atoms with Gasteiger partial charge in [-0.25, -0.2) is 0 Å². The van der Waals surface area contributed by atoms with Crippen LogP contribution in [0, 0.1) is 0 Å². The van der Waals surface area contributed by atoms with Crippen LogP contribution in [0.2, 0.25) is 0 Å². The molecular formula is C20H22N2O. The van der Waals surface area contributed by atoms with Crippen molar-refractivity contribution < 1.29 is 4.42 Å². The SMILES string of the molecule is c1coc(C2CCCCCN2Cc2cccc3cccnc23)c1. The Balaban J connectivity index is 1.66. The molecular weight excluding hydrogens is 284 g/mol. The third-order valence-electron chi connectivity index (χ3n) is 4.82. The fraction of sp³-hybridized carbons (Fsp3) is 0.350. The van der Waals surface area contributed by atoms with Crippen LogP contribution in [0.15, 0.2) is 59.3 Å². The number of hydrogen-bond acceptors (Lipinski definition) is 3. The summed E-state index contributed by atoms with van der Waals surface area (Å²) in [4.78, 5) is 7.17. The Morgan fingerprint density at radius 2 is 2.00 bits per heavy atom. The fourth-order valence-electron chi connectivity index (χ4n) is 3.67. The van der Waals surface area contributed by atoms with Crippen LogP contribution in [0.3, 0.4) is 0 Å².